The zero-order valence-corrected chi connectivity index (χ0v) is 9.49. The molecule has 58 valence electrons. The number of terminal acetylenes is 1. The molecule has 10 heavy (non-hydrogen) atoms. The second kappa shape index (κ2) is 2.77. The molecule has 2 heteroatoms. The molecule has 1 unspecified atom stereocenters. The summed E-state index contributed by atoms with van der Waals surface area (Å²) in [5.74, 6) is 2.68. The average molecular weight is 156 g/mol. The van der Waals surface area contributed by atoms with Gasteiger partial charge in [0.25, 0.3) is 0 Å². The first-order valence-corrected chi connectivity index (χ1v) is 4.22. The van der Waals surface area contributed by atoms with E-state index in [1.54, 1.807) is 0 Å². The van der Waals surface area contributed by atoms with Gasteiger partial charge in [-0.15, -0.1) is 6.42 Å². The van der Waals surface area contributed by atoms with Crippen molar-refractivity contribution in [3.63, 3.8) is 0 Å². The van der Waals surface area contributed by atoms with Gasteiger partial charge >= 0.3 is 0 Å². The Morgan fingerprint density at radius 2 is 1.70 bits per heavy atom. The summed E-state index contributed by atoms with van der Waals surface area (Å²) in [5, 5.41) is 0. The van der Waals surface area contributed by atoms with Gasteiger partial charge in [-0.25, -0.2) is 0 Å². The van der Waals surface area contributed by atoms with E-state index in [9.17, 15) is 0 Å². The summed E-state index contributed by atoms with van der Waals surface area (Å²) in [6, 6.07) is 0. The van der Waals surface area contributed by atoms with Crippen LogP contribution >= 0.6 is 0 Å². The van der Waals surface area contributed by atoms with Crippen LogP contribution in [0.1, 0.15) is 27.7 Å². The quantitative estimate of drug-likeness (QED) is 0.401. The second-order valence-corrected chi connectivity index (χ2v) is 4.04. The largest absolute Gasteiger partial charge is 0.412 e. The maximum absolute atomic E-state index is 5.35. The Kier molecular flexibility index (Phi) is 2.70. The molecule has 0 aromatic rings. The van der Waals surface area contributed by atoms with Crippen molar-refractivity contribution in [2.45, 2.75) is 33.3 Å². The fraction of sp³-hybridized carbons (Fsp3) is 0.750. The van der Waals surface area contributed by atoms with Gasteiger partial charge in [-0.2, -0.15) is 0 Å². The van der Waals surface area contributed by atoms with Gasteiger partial charge in [-0.3, -0.25) is 0 Å². The van der Waals surface area contributed by atoms with Crippen LogP contribution in [0.25, 0.3) is 0 Å². The van der Waals surface area contributed by atoms with Crippen LogP contribution in [-0.2, 0) is 4.43 Å². The van der Waals surface area contributed by atoms with E-state index >= 15 is 0 Å². The first kappa shape index (κ1) is 9.74. The molecule has 0 N–H and O–H groups in total. The number of hydrogen-bond donors (Lipinski definition) is 0. The lowest BCUT2D eigenvalue weighted by Gasteiger charge is -2.36. The lowest BCUT2D eigenvalue weighted by molar-refractivity contribution is 0.0461. The van der Waals surface area contributed by atoms with Crippen molar-refractivity contribution in [1.82, 2.24) is 0 Å². The third-order valence-corrected chi connectivity index (χ3v) is 2.93. The molecule has 0 aliphatic rings. The van der Waals surface area contributed by atoms with Crippen molar-refractivity contribution in [1.29, 1.82) is 0 Å². The topological polar surface area (TPSA) is 9.23 Å². The Morgan fingerprint density at radius 1 is 1.30 bits per heavy atom. The monoisotopic (exact) mass is 156 g/mol. The summed E-state index contributed by atoms with van der Waals surface area (Å²) in [4.78, 5) is 0. The molecule has 1 atom stereocenters. The predicted molar refractivity (Wildman–Crippen MR) is 47.7 cm³/mol. The van der Waals surface area contributed by atoms with Gasteiger partial charge in [0.15, 0.2) is 0 Å². The molecular weight excluding hydrogens is 140 g/mol. The van der Waals surface area contributed by atoms with Crippen LogP contribution in [-0.4, -0.2) is 16.1 Å². The SMILES string of the molecule is C#CC(C)(O[SiH3])C(C)(C)C. The van der Waals surface area contributed by atoms with E-state index in [1.807, 2.05) is 6.92 Å². The van der Waals surface area contributed by atoms with E-state index in [2.05, 4.69) is 26.7 Å². The summed E-state index contributed by atoms with van der Waals surface area (Å²) in [6.07, 6.45) is 5.35. The molecule has 0 aromatic heterocycles. The van der Waals surface area contributed by atoms with Crippen LogP contribution in [0.3, 0.4) is 0 Å². The summed E-state index contributed by atoms with van der Waals surface area (Å²) in [7, 11) is 0.695. The van der Waals surface area contributed by atoms with Gasteiger partial charge in [0.05, 0.1) is 0 Å². The predicted octanol–water partition coefficient (Wildman–Crippen LogP) is 0.721. The number of rotatable bonds is 1. The van der Waals surface area contributed by atoms with Crippen molar-refractivity contribution in [3.05, 3.63) is 0 Å². The summed E-state index contributed by atoms with van der Waals surface area (Å²) >= 11 is 0. The van der Waals surface area contributed by atoms with Gasteiger partial charge in [0.2, 0.25) is 0 Å². The van der Waals surface area contributed by atoms with E-state index in [0.29, 0.717) is 10.5 Å². The van der Waals surface area contributed by atoms with Crippen molar-refractivity contribution >= 4 is 10.5 Å². The second-order valence-electron chi connectivity index (χ2n) is 3.63. The van der Waals surface area contributed by atoms with Crippen LogP contribution in [0, 0.1) is 17.8 Å². The standard InChI is InChI=1S/C8H16OSi/c1-6-8(5,9-10)7(2,3)4/h1H,2-5,10H3. The average Bonchev–Trinajstić information content (AvgIpc) is 1.84. The molecule has 0 radical (unpaired) electrons. The highest BCUT2D eigenvalue weighted by molar-refractivity contribution is 5.98. The molecule has 0 saturated heterocycles. The normalized spacial score (nSPS) is 17.9. The molecule has 0 saturated carbocycles. The molecule has 0 aromatic carbocycles. The molecule has 0 aliphatic carbocycles. The van der Waals surface area contributed by atoms with Gasteiger partial charge in [-0.1, -0.05) is 26.7 Å². The Bertz CT molecular complexity index is 152. The molecule has 0 spiro atoms. The Labute approximate surface area is 66.7 Å². The van der Waals surface area contributed by atoms with Crippen LogP contribution < -0.4 is 0 Å². The molecule has 1 nitrogen and oxygen atoms in total. The highest BCUT2D eigenvalue weighted by Gasteiger charge is 2.34. The van der Waals surface area contributed by atoms with Gasteiger partial charge in [-0.05, 0) is 6.92 Å². The zero-order valence-electron chi connectivity index (χ0n) is 7.49. The molecule has 0 fully saturated rings. The van der Waals surface area contributed by atoms with Crippen molar-refractivity contribution < 1.29 is 4.43 Å². The summed E-state index contributed by atoms with van der Waals surface area (Å²) < 4.78 is 5.35. The smallest absolute Gasteiger partial charge is 0.148 e. The van der Waals surface area contributed by atoms with Gasteiger partial charge < -0.3 is 4.43 Å². The van der Waals surface area contributed by atoms with Crippen molar-refractivity contribution in [2.24, 2.45) is 5.41 Å². The van der Waals surface area contributed by atoms with E-state index in [4.69, 9.17) is 10.8 Å². The molecule has 0 aliphatic heterocycles. The molecule has 0 heterocycles. The fourth-order valence-electron chi connectivity index (χ4n) is 0.582. The first-order valence-electron chi connectivity index (χ1n) is 3.40. The van der Waals surface area contributed by atoms with Crippen LogP contribution in [0.15, 0.2) is 0 Å². The highest BCUT2D eigenvalue weighted by Crippen LogP contribution is 2.31. The summed E-state index contributed by atoms with van der Waals surface area (Å²) in [5.41, 5.74) is -0.358. The maximum atomic E-state index is 5.35. The minimum atomic E-state index is -0.390. The number of hydrogen-bond acceptors (Lipinski definition) is 1. The Balaban J connectivity index is 4.54. The third kappa shape index (κ3) is 1.62. The van der Waals surface area contributed by atoms with Gasteiger partial charge in [0, 0.05) is 5.41 Å². The van der Waals surface area contributed by atoms with Gasteiger partial charge in [0.1, 0.15) is 16.1 Å². The Morgan fingerprint density at radius 3 is 1.70 bits per heavy atom. The first-order chi connectivity index (χ1) is 4.37. The van der Waals surface area contributed by atoms with Crippen molar-refractivity contribution in [3.8, 4) is 12.3 Å². The van der Waals surface area contributed by atoms with E-state index in [1.165, 1.54) is 0 Å². The minimum absolute atomic E-state index is 0.0312. The van der Waals surface area contributed by atoms with E-state index < -0.39 is 0 Å². The molecule has 0 rings (SSSR count). The highest BCUT2D eigenvalue weighted by atomic mass is 28.2. The van der Waals surface area contributed by atoms with Crippen LogP contribution in [0.4, 0.5) is 0 Å². The minimum Gasteiger partial charge on any atom is -0.412 e. The van der Waals surface area contributed by atoms with Crippen molar-refractivity contribution in [2.75, 3.05) is 0 Å². The lowest BCUT2D eigenvalue weighted by Crippen LogP contribution is -2.40. The van der Waals surface area contributed by atoms with Crippen LogP contribution in [0.2, 0.25) is 0 Å². The molecular formula is C8H16OSi. The maximum Gasteiger partial charge on any atom is 0.148 e. The van der Waals surface area contributed by atoms with Crippen LogP contribution in [0.5, 0.6) is 0 Å². The zero-order chi connectivity index (χ0) is 8.41. The summed E-state index contributed by atoms with van der Waals surface area (Å²) in [6.45, 7) is 8.22. The molecule has 0 amide bonds. The Hall–Kier alpha value is -0.263. The third-order valence-electron chi connectivity index (χ3n) is 2.11. The lowest BCUT2D eigenvalue weighted by atomic mass is 9.78. The fourth-order valence-corrected chi connectivity index (χ4v) is 1.31. The van der Waals surface area contributed by atoms with E-state index in [0.717, 1.165) is 0 Å². The van der Waals surface area contributed by atoms with E-state index in [-0.39, 0.29) is 11.0 Å². The molecule has 0 bridgehead atoms.